The molecule has 1 saturated heterocycles. The van der Waals surface area contributed by atoms with Gasteiger partial charge in [-0.3, -0.25) is 4.90 Å². The van der Waals surface area contributed by atoms with Crippen LogP contribution in [0.25, 0.3) is 10.9 Å². The summed E-state index contributed by atoms with van der Waals surface area (Å²) in [5.41, 5.74) is 4.27. The van der Waals surface area contributed by atoms with Crippen LogP contribution < -0.4 is 4.74 Å². The van der Waals surface area contributed by atoms with Crippen molar-refractivity contribution in [3.05, 3.63) is 58.8 Å². The van der Waals surface area contributed by atoms with Crippen molar-refractivity contribution in [3.8, 4) is 11.5 Å². The molecule has 3 N–H and O–H groups in total. The molecule has 5 heteroatoms. The van der Waals surface area contributed by atoms with Crippen molar-refractivity contribution in [1.82, 2.24) is 9.88 Å². The predicted octanol–water partition coefficient (Wildman–Crippen LogP) is 3.57. The number of aromatic hydroxyl groups is 1. The van der Waals surface area contributed by atoms with Crippen molar-refractivity contribution >= 4 is 10.9 Å². The number of nitrogens with one attached hydrogen (secondary N) is 1. The Morgan fingerprint density at radius 1 is 1.16 bits per heavy atom. The van der Waals surface area contributed by atoms with Gasteiger partial charge in [0.25, 0.3) is 0 Å². The Labute approximate surface area is 180 Å². The minimum atomic E-state index is -0.908. The number of para-hydroxylation sites is 1. The molecule has 0 amide bonds. The number of aromatic amines is 1. The van der Waals surface area contributed by atoms with E-state index in [1.165, 1.54) is 29.4 Å². The number of H-pyrrole nitrogens is 1. The van der Waals surface area contributed by atoms with Crippen LogP contribution in [0.3, 0.4) is 0 Å². The lowest BCUT2D eigenvalue weighted by Crippen LogP contribution is -2.74. The van der Waals surface area contributed by atoms with E-state index in [4.69, 9.17) is 4.74 Å². The average molecular weight is 415 g/mol. The van der Waals surface area contributed by atoms with Gasteiger partial charge in [-0.2, -0.15) is 0 Å². The van der Waals surface area contributed by atoms with Crippen molar-refractivity contribution in [2.75, 3.05) is 13.1 Å². The number of phenolic OH excluding ortho intramolecular Hbond substituents is 1. The van der Waals surface area contributed by atoms with Crippen LogP contribution in [0, 0.1) is 5.92 Å². The van der Waals surface area contributed by atoms with Gasteiger partial charge in [-0.15, -0.1) is 0 Å². The molecule has 5 nitrogen and oxygen atoms in total. The number of fused-ring (bicyclic) bond motifs is 4. The van der Waals surface area contributed by atoms with Crippen LogP contribution >= 0.6 is 0 Å². The van der Waals surface area contributed by atoms with Gasteiger partial charge in [0.15, 0.2) is 17.6 Å². The SMILES string of the molecule is Oc1ccc2c3c1OC1c4[nH]c5ccccc5c4C[C@@]4(O)C(C2)N(CC2CC2)CCC314. The summed E-state index contributed by atoms with van der Waals surface area (Å²) in [5, 5.41) is 24.6. The first-order valence-corrected chi connectivity index (χ1v) is 11.7. The molecule has 3 aromatic rings. The Morgan fingerprint density at radius 3 is 2.90 bits per heavy atom. The molecule has 5 aliphatic rings. The summed E-state index contributed by atoms with van der Waals surface area (Å²) in [6.07, 6.45) is 4.66. The summed E-state index contributed by atoms with van der Waals surface area (Å²) in [4.78, 5) is 6.22. The van der Waals surface area contributed by atoms with Crippen molar-refractivity contribution in [2.24, 2.45) is 5.92 Å². The number of aromatic nitrogens is 1. The molecule has 2 aliphatic heterocycles. The maximum atomic E-state index is 12.7. The Hall–Kier alpha value is -2.50. The summed E-state index contributed by atoms with van der Waals surface area (Å²) in [5.74, 6) is 1.58. The minimum Gasteiger partial charge on any atom is -0.504 e. The lowest BCUT2D eigenvalue weighted by atomic mass is 9.49. The zero-order valence-corrected chi connectivity index (χ0v) is 17.4. The second-order valence-electron chi connectivity index (χ2n) is 10.5. The van der Waals surface area contributed by atoms with E-state index in [-0.39, 0.29) is 17.9 Å². The standard InChI is InChI=1S/C26H26N2O3/c29-19-8-7-15-11-20-26(30)12-17-16-3-1-2-4-18(16)27-22(17)24-25(26,21(15)23(19)31-24)9-10-28(20)13-14-5-6-14/h1-4,7-8,14,20,24,27,29-30H,5-6,9-13H2/t20?,24?,25?,26-/m1/s1. The van der Waals surface area contributed by atoms with Crippen LogP contribution in [-0.4, -0.2) is 44.8 Å². The Bertz CT molecular complexity index is 1280. The highest BCUT2D eigenvalue weighted by atomic mass is 16.5. The van der Waals surface area contributed by atoms with Crippen LogP contribution in [0.4, 0.5) is 0 Å². The fourth-order valence-electron chi connectivity index (χ4n) is 7.57. The molecule has 1 spiro atoms. The van der Waals surface area contributed by atoms with E-state index in [1.54, 1.807) is 6.07 Å². The number of hydrogen-bond donors (Lipinski definition) is 3. The first-order valence-electron chi connectivity index (χ1n) is 11.7. The number of benzene rings is 2. The maximum Gasteiger partial charge on any atom is 0.166 e. The van der Waals surface area contributed by atoms with Gasteiger partial charge < -0.3 is 19.9 Å². The van der Waals surface area contributed by atoms with Crippen molar-refractivity contribution in [3.63, 3.8) is 0 Å². The summed E-state index contributed by atoms with van der Waals surface area (Å²) in [7, 11) is 0. The van der Waals surface area contributed by atoms with Gasteiger partial charge in [0.1, 0.15) is 0 Å². The maximum absolute atomic E-state index is 12.7. The molecular formula is C26H26N2O3. The fourth-order valence-corrected chi connectivity index (χ4v) is 7.57. The Morgan fingerprint density at radius 2 is 2.03 bits per heavy atom. The molecule has 4 atom stereocenters. The van der Waals surface area contributed by atoms with Gasteiger partial charge in [-0.25, -0.2) is 0 Å². The number of aliphatic hydroxyl groups is 1. The fraction of sp³-hybridized carbons (Fsp3) is 0.462. The van der Waals surface area contributed by atoms with E-state index in [2.05, 4.69) is 34.1 Å². The smallest absolute Gasteiger partial charge is 0.166 e. The normalized spacial score (nSPS) is 35.0. The van der Waals surface area contributed by atoms with E-state index in [9.17, 15) is 10.2 Å². The number of phenols is 1. The third-order valence-electron chi connectivity index (χ3n) is 9.07. The van der Waals surface area contributed by atoms with E-state index < -0.39 is 11.0 Å². The zero-order chi connectivity index (χ0) is 20.5. The third kappa shape index (κ3) is 1.84. The van der Waals surface area contributed by atoms with Crippen LogP contribution in [0.1, 0.15) is 47.8 Å². The van der Waals surface area contributed by atoms with E-state index in [1.807, 2.05) is 6.07 Å². The highest BCUT2D eigenvalue weighted by Gasteiger charge is 2.72. The Balaban J connectivity index is 1.43. The van der Waals surface area contributed by atoms with Crippen molar-refractivity contribution in [2.45, 2.75) is 55.3 Å². The molecule has 2 bridgehead atoms. The third-order valence-corrected chi connectivity index (χ3v) is 9.07. The quantitative estimate of drug-likeness (QED) is 0.600. The van der Waals surface area contributed by atoms with Gasteiger partial charge in [-0.1, -0.05) is 24.3 Å². The summed E-state index contributed by atoms with van der Waals surface area (Å²) in [6, 6.07) is 12.3. The Kier molecular flexibility index (Phi) is 2.91. The van der Waals surface area contributed by atoms with Gasteiger partial charge in [0.2, 0.25) is 0 Å². The monoisotopic (exact) mass is 414 g/mol. The van der Waals surface area contributed by atoms with Crippen LogP contribution in [0.15, 0.2) is 36.4 Å². The van der Waals surface area contributed by atoms with Gasteiger partial charge in [0.05, 0.1) is 16.7 Å². The van der Waals surface area contributed by atoms with Gasteiger partial charge in [-0.05, 0) is 61.4 Å². The molecule has 1 saturated carbocycles. The van der Waals surface area contributed by atoms with E-state index in [0.29, 0.717) is 12.2 Å². The molecule has 158 valence electrons. The minimum absolute atomic E-state index is 0.0813. The number of rotatable bonds is 2. The number of hydrogen-bond acceptors (Lipinski definition) is 4. The first kappa shape index (κ1) is 17.1. The lowest BCUT2D eigenvalue weighted by Gasteiger charge is -2.62. The van der Waals surface area contributed by atoms with Crippen molar-refractivity contribution < 1.29 is 14.9 Å². The summed E-state index contributed by atoms with van der Waals surface area (Å²) >= 11 is 0. The molecule has 0 radical (unpaired) electrons. The van der Waals surface area contributed by atoms with Crippen molar-refractivity contribution in [1.29, 1.82) is 0 Å². The van der Waals surface area contributed by atoms with E-state index in [0.717, 1.165) is 48.6 Å². The highest BCUT2D eigenvalue weighted by Crippen LogP contribution is 2.69. The van der Waals surface area contributed by atoms with Gasteiger partial charge >= 0.3 is 0 Å². The number of nitrogens with zero attached hydrogens (tertiary/aromatic N) is 1. The molecule has 2 fully saturated rings. The second-order valence-corrected chi connectivity index (χ2v) is 10.5. The topological polar surface area (TPSA) is 68.7 Å². The molecule has 3 heterocycles. The number of likely N-dealkylation sites (tertiary alicyclic amines) is 1. The molecular weight excluding hydrogens is 388 g/mol. The van der Waals surface area contributed by atoms with Crippen LogP contribution in [0.5, 0.6) is 11.5 Å². The summed E-state index contributed by atoms with van der Waals surface area (Å²) in [6.45, 7) is 2.07. The zero-order valence-electron chi connectivity index (χ0n) is 17.4. The number of piperidine rings is 1. The highest BCUT2D eigenvalue weighted by molar-refractivity contribution is 5.86. The molecule has 8 rings (SSSR count). The summed E-state index contributed by atoms with van der Waals surface area (Å²) < 4.78 is 6.60. The molecule has 3 aliphatic carbocycles. The first-order chi connectivity index (χ1) is 15.1. The predicted molar refractivity (Wildman–Crippen MR) is 117 cm³/mol. The lowest BCUT2D eigenvalue weighted by molar-refractivity contribution is -0.173. The largest absolute Gasteiger partial charge is 0.504 e. The van der Waals surface area contributed by atoms with E-state index >= 15 is 0 Å². The molecule has 3 unspecified atom stereocenters. The molecule has 1 aromatic heterocycles. The average Bonchev–Trinajstić information content (AvgIpc) is 3.40. The second kappa shape index (κ2) is 5.28. The van der Waals surface area contributed by atoms with Crippen LogP contribution in [-0.2, 0) is 18.3 Å². The molecule has 31 heavy (non-hydrogen) atoms. The van der Waals surface area contributed by atoms with Crippen LogP contribution in [0.2, 0.25) is 0 Å². The number of ether oxygens (including phenoxy) is 1. The molecule has 2 aromatic carbocycles. The van der Waals surface area contributed by atoms with Gasteiger partial charge in [0, 0.05) is 35.5 Å².